The van der Waals surface area contributed by atoms with E-state index in [4.69, 9.17) is 5.73 Å². The van der Waals surface area contributed by atoms with Crippen molar-refractivity contribution >= 4 is 0 Å². The highest BCUT2D eigenvalue weighted by Gasteiger charge is 2.54. The van der Waals surface area contributed by atoms with Crippen molar-refractivity contribution < 1.29 is 8.78 Å². The first kappa shape index (κ1) is 19.1. The number of rotatable bonds is 3. The van der Waals surface area contributed by atoms with E-state index in [-0.39, 0.29) is 6.42 Å². The summed E-state index contributed by atoms with van der Waals surface area (Å²) in [6.07, 6.45) is -0.118. The molecule has 0 amide bonds. The second-order valence-electron chi connectivity index (χ2n) is 4.59. The Morgan fingerprint density at radius 2 is 1.41 bits per heavy atom. The van der Waals surface area contributed by atoms with Crippen molar-refractivity contribution in [3.8, 4) is 0 Å². The van der Waals surface area contributed by atoms with E-state index in [0.29, 0.717) is 12.1 Å². The summed E-state index contributed by atoms with van der Waals surface area (Å²) in [7, 11) is 0. The lowest BCUT2D eigenvalue weighted by atomic mass is 10.2. The van der Waals surface area contributed by atoms with Crippen molar-refractivity contribution in [1.82, 2.24) is 4.90 Å². The molecule has 1 rings (SSSR count). The van der Waals surface area contributed by atoms with Crippen LogP contribution in [0.1, 0.15) is 54.9 Å². The molecular weight excluding hydrogens is 222 g/mol. The third-order valence-electron chi connectivity index (χ3n) is 2.57. The molecule has 106 valence electrons. The predicted octanol–water partition coefficient (Wildman–Crippen LogP) is 3.50. The molecule has 0 aromatic heterocycles. The first-order valence-electron chi connectivity index (χ1n) is 6.61. The molecule has 1 aliphatic rings. The quantitative estimate of drug-likeness (QED) is 0.833. The highest BCUT2D eigenvalue weighted by Crippen LogP contribution is 2.39. The molecule has 0 bridgehead atoms. The van der Waals surface area contributed by atoms with Gasteiger partial charge in [-0.3, -0.25) is 4.90 Å². The lowest BCUT2D eigenvalue weighted by Gasteiger charge is -2.28. The molecule has 1 saturated carbocycles. The Morgan fingerprint density at radius 1 is 1.18 bits per heavy atom. The zero-order chi connectivity index (χ0) is 14.2. The van der Waals surface area contributed by atoms with E-state index >= 15 is 0 Å². The Balaban J connectivity index is 0. The van der Waals surface area contributed by atoms with Crippen molar-refractivity contribution in [2.45, 2.75) is 78.9 Å². The maximum Gasteiger partial charge on any atom is 0.264 e. The predicted molar refractivity (Wildman–Crippen MR) is 71.5 cm³/mol. The van der Waals surface area contributed by atoms with Gasteiger partial charge in [-0.2, -0.15) is 0 Å². The average Bonchev–Trinajstić information content (AvgIpc) is 2.75. The van der Waals surface area contributed by atoms with Crippen LogP contribution in [0.25, 0.3) is 0 Å². The summed E-state index contributed by atoms with van der Waals surface area (Å²) in [4.78, 5) is 2.46. The molecule has 1 aliphatic carbocycles. The van der Waals surface area contributed by atoms with Gasteiger partial charge in [-0.1, -0.05) is 20.8 Å². The molecule has 17 heavy (non-hydrogen) atoms. The normalized spacial score (nSPS) is 20.6. The highest BCUT2D eigenvalue weighted by molar-refractivity contribution is 4.98. The molecule has 1 atom stereocenters. The molecule has 0 saturated heterocycles. The number of hydrogen-bond donors (Lipinski definition) is 1. The summed E-state index contributed by atoms with van der Waals surface area (Å²) in [6.45, 7) is 16.3. The van der Waals surface area contributed by atoms with Gasteiger partial charge in [0, 0.05) is 18.5 Å². The fraction of sp³-hybridized carbons (Fsp3) is 1.00. The van der Waals surface area contributed by atoms with Crippen LogP contribution in [0.2, 0.25) is 0 Å². The number of hydrogen-bond acceptors (Lipinski definition) is 2. The van der Waals surface area contributed by atoms with Crippen LogP contribution < -0.4 is 5.73 Å². The summed E-state index contributed by atoms with van der Waals surface area (Å²) in [5, 5.41) is 0. The van der Waals surface area contributed by atoms with Crippen LogP contribution in [-0.2, 0) is 0 Å². The number of nitrogens with zero attached hydrogens (tertiary/aromatic N) is 1. The summed E-state index contributed by atoms with van der Waals surface area (Å²) < 4.78 is 22.8. The van der Waals surface area contributed by atoms with Crippen LogP contribution in [0, 0.1) is 0 Å². The van der Waals surface area contributed by atoms with Gasteiger partial charge >= 0.3 is 0 Å². The van der Waals surface area contributed by atoms with Gasteiger partial charge < -0.3 is 5.73 Å². The van der Waals surface area contributed by atoms with Gasteiger partial charge in [-0.15, -0.1) is 0 Å². The zero-order valence-corrected chi connectivity index (χ0v) is 12.4. The van der Waals surface area contributed by atoms with Crippen molar-refractivity contribution in [3.05, 3.63) is 0 Å². The third kappa shape index (κ3) is 8.50. The third-order valence-corrected chi connectivity index (χ3v) is 2.57. The Bertz CT molecular complexity index is 174. The van der Waals surface area contributed by atoms with Crippen LogP contribution >= 0.6 is 0 Å². The van der Waals surface area contributed by atoms with E-state index in [0.717, 1.165) is 6.54 Å². The fourth-order valence-electron chi connectivity index (χ4n) is 1.56. The molecule has 1 unspecified atom stereocenters. The molecule has 2 nitrogen and oxygen atoms in total. The average molecular weight is 252 g/mol. The molecule has 2 N–H and O–H groups in total. The summed E-state index contributed by atoms with van der Waals surface area (Å²) in [5.74, 6) is -2.51. The smallest absolute Gasteiger partial charge is 0.264 e. The first-order valence-corrected chi connectivity index (χ1v) is 6.61. The summed E-state index contributed by atoms with van der Waals surface area (Å²) in [5.41, 5.74) is 4.75. The highest BCUT2D eigenvalue weighted by atomic mass is 19.3. The fourth-order valence-corrected chi connectivity index (χ4v) is 1.56. The lowest BCUT2D eigenvalue weighted by Crippen LogP contribution is -2.36. The Kier molecular flexibility index (Phi) is 9.91. The largest absolute Gasteiger partial charge is 0.322 e. The van der Waals surface area contributed by atoms with Crippen LogP contribution in [0.4, 0.5) is 8.78 Å². The van der Waals surface area contributed by atoms with E-state index in [1.165, 1.54) is 0 Å². The summed E-state index contributed by atoms with van der Waals surface area (Å²) in [6, 6.07) is 0.544. The zero-order valence-electron chi connectivity index (χ0n) is 12.4. The van der Waals surface area contributed by atoms with Gasteiger partial charge in [0.05, 0.1) is 6.04 Å². The van der Waals surface area contributed by atoms with Crippen molar-refractivity contribution in [3.63, 3.8) is 0 Å². The van der Waals surface area contributed by atoms with Crippen LogP contribution in [0.3, 0.4) is 0 Å². The molecule has 0 spiro atoms. The Hall–Kier alpha value is -0.220. The maximum atomic E-state index is 11.4. The minimum Gasteiger partial charge on any atom is -0.322 e. The van der Waals surface area contributed by atoms with Crippen molar-refractivity contribution in [2.75, 3.05) is 6.54 Å². The molecule has 0 aliphatic heterocycles. The number of nitrogens with two attached hydrogens (primary N) is 1. The van der Waals surface area contributed by atoms with Gasteiger partial charge in [0.25, 0.3) is 5.92 Å². The van der Waals surface area contributed by atoms with Crippen LogP contribution in [-0.4, -0.2) is 35.5 Å². The van der Waals surface area contributed by atoms with Gasteiger partial charge in [0.1, 0.15) is 0 Å². The van der Waals surface area contributed by atoms with Gasteiger partial charge in [-0.05, 0) is 34.2 Å². The van der Waals surface area contributed by atoms with E-state index in [9.17, 15) is 8.78 Å². The number of halogens is 2. The minimum absolute atomic E-state index is 0.118. The van der Waals surface area contributed by atoms with Crippen molar-refractivity contribution in [2.24, 2.45) is 5.73 Å². The molecule has 4 heteroatoms. The van der Waals surface area contributed by atoms with Gasteiger partial charge in [0.15, 0.2) is 0 Å². The molecule has 0 aromatic rings. The SMILES string of the molecule is CC.CCN(C(C)C)C(C)C.NC1CC1(F)F. The second-order valence-corrected chi connectivity index (χ2v) is 4.59. The van der Waals surface area contributed by atoms with Crippen molar-refractivity contribution in [1.29, 1.82) is 0 Å². The summed E-state index contributed by atoms with van der Waals surface area (Å²) >= 11 is 0. The molecule has 0 aromatic carbocycles. The molecule has 0 heterocycles. The Labute approximate surface area is 106 Å². The van der Waals surface area contributed by atoms with Crippen LogP contribution in [0.5, 0.6) is 0 Å². The molecule has 1 fully saturated rings. The van der Waals surface area contributed by atoms with Gasteiger partial charge in [0.2, 0.25) is 0 Å². The molecule has 0 radical (unpaired) electrons. The maximum absolute atomic E-state index is 11.4. The Morgan fingerprint density at radius 3 is 1.41 bits per heavy atom. The van der Waals surface area contributed by atoms with E-state index in [1.54, 1.807) is 0 Å². The lowest BCUT2D eigenvalue weighted by molar-refractivity contribution is 0.113. The van der Waals surface area contributed by atoms with Crippen LogP contribution in [0.15, 0.2) is 0 Å². The first-order chi connectivity index (χ1) is 7.72. The topological polar surface area (TPSA) is 29.3 Å². The van der Waals surface area contributed by atoms with Gasteiger partial charge in [-0.25, -0.2) is 8.78 Å². The van der Waals surface area contributed by atoms with E-state index in [1.807, 2.05) is 13.8 Å². The number of alkyl halides is 2. The monoisotopic (exact) mass is 252 g/mol. The second kappa shape index (κ2) is 8.81. The van der Waals surface area contributed by atoms with E-state index in [2.05, 4.69) is 39.5 Å². The standard InChI is InChI=1S/C8H19N.C3H5F2N.C2H6/c1-6-9(7(2)3)8(4)5;4-3(5)1-2(3)6;1-2/h7-8H,6H2,1-5H3;2H,1,6H2;1-2H3. The minimum atomic E-state index is -2.51. The van der Waals surface area contributed by atoms with E-state index < -0.39 is 12.0 Å². The molecular formula is C13H30F2N2.